The molecule has 0 radical (unpaired) electrons. The average Bonchev–Trinajstić information content (AvgIpc) is 2.74. The summed E-state index contributed by atoms with van der Waals surface area (Å²) in [5.74, 6) is -0.196. The molecule has 5 heteroatoms. The molecule has 1 heterocycles. The number of aryl methyl sites for hydroxylation is 3. The summed E-state index contributed by atoms with van der Waals surface area (Å²) in [5.41, 5.74) is 3.83. The van der Waals surface area contributed by atoms with Crippen LogP contribution in [0.25, 0.3) is 10.2 Å². The third kappa shape index (κ3) is 2.78. The standard InChI is InChI=1S/C17H15BrN2OS/c1-10-4-6-13(11(2)8-10)16(21)19-17-20(3)14-7-5-12(18)9-15(14)22-17/h4-9H,1-3H3. The number of rotatable bonds is 1. The van der Waals surface area contributed by atoms with Crippen LogP contribution in [0.1, 0.15) is 21.5 Å². The van der Waals surface area contributed by atoms with E-state index in [0.717, 1.165) is 25.8 Å². The Hall–Kier alpha value is -1.72. The van der Waals surface area contributed by atoms with Crippen molar-refractivity contribution in [2.24, 2.45) is 12.0 Å². The van der Waals surface area contributed by atoms with Crippen molar-refractivity contribution >= 4 is 43.4 Å². The number of aromatic nitrogens is 1. The molecule has 0 fully saturated rings. The number of thiazole rings is 1. The van der Waals surface area contributed by atoms with Crippen molar-refractivity contribution < 1.29 is 4.79 Å². The van der Waals surface area contributed by atoms with Crippen LogP contribution in [-0.2, 0) is 7.05 Å². The summed E-state index contributed by atoms with van der Waals surface area (Å²) in [7, 11) is 1.93. The van der Waals surface area contributed by atoms with Crippen molar-refractivity contribution in [3.05, 3.63) is 62.4 Å². The number of carbonyl (C=O) groups excluding carboxylic acids is 1. The van der Waals surface area contributed by atoms with E-state index < -0.39 is 0 Å². The van der Waals surface area contributed by atoms with Crippen molar-refractivity contribution in [2.45, 2.75) is 13.8 Å². The van der Waals surface area contributed by atoms with Gasteiger partial charge in [0.05, 0.1) is 10.2 Å². The third-order valence-corrected chi connectivity index (χ3v) is 5.17. The van der Waals surface area contributed by atoms with Crippen LogP contribution in [0.3, 0.4) is 0 Å². The van der Waals surface area contributed by atoms with Crippen molar-refractivity contribution in [3.8, 4) is 0 Å². The fourth-order valence-electron chi connectivity index (χ4n) is 2.42. The van der Waals surface area contributed by atoms with Gasteiger partial charge in [0, 0.05) is 17.1 Å². The lowest BCUT2D eigenvalue weighted by Crippen LogP contribution is -2.13. The van der Waals surface area contributed by atoms with Gasteiger partial charge in [-0.25, -0.2) is 0 Å². The molecule has 112 valence electrons. The summed E-state index contributed by atoms with van der Waals surface area (Å²) in [6.45, 7) is 3.96. The van der Waals surface area contributed by atoms with Gasteiger partial charge in [0.25, 0.3) is 5.91 Å². The first kappa shape index (κ1) is 15.2. The first-order valence-corrected chi connectivity index (χ1v) is 8.48. The predicted octanol–water partition coefficient (Wildman–Crippen LogP) is 4.36. The zero-order chi connectivity index (χ0) is 15.9. The lowest BCUT2D eigenvalue weighted by atomic mass is 10.1. The largest absolute Gasteiger partial charge is 0.319 e. The first-order chi connectivity index (χ1) is 10.5. The summed E-state index contributed by atoms with van der Waals surface area (Å²) in [6.07, 6.45) is 0. The molecule has 0 unspecified atom stereocenters. The van der Waals surface area contributed by atoms with Gasteiger partial charge >= 0.3 is 0 Å². The van der Waals surface area contributed by atoms with Crippen molar-refractivity contribution in [1.82, 2.24) is 4.57 Å². The molecule has 0 aliphatic rings. The summed E-state index contributed by atoms with van der Waals surface area (Å²) in [6, 6.07) is 11.9. The Morgan fingerprint density at radius 2 is 1.95 bits per heavy atom. The minimum Gasteiger partial charge on any atom is -0.319 e. The molecule has 0 atom stereocenters. The Kier molecular flexibility index (Phi) is 4.02. The second-order valence-electron chi connectivity index (χ2n) is 5.29. The minimum atomic E-state index is -0.196. The smallest absolute Gasteiger partial charge is 0.279 e. The highest BCUT2D eigenvalue weighted by Crippen LogP contribution is 2.21. The van der Waals surface area contributed by atoms with Gasteiger partial charge in [-0.15, -0.1) is 0 Å². The molecule has 1 aromatic heterocycles. The Morgan fingerprint density at radius 1 is 1.18 bits per heavy atom. The number of amides is 1. The van der Waals surface area contributed by atoms with E-state index in [-0.39, 0.29) is 5.91 Å². The number of halogens is 1. The van der Waals surface area contributed by atoms with Gasteiger partial charge in [0.15, 0.2) is 4.80 Å². The SMILES string of the molecule is Cc1ccc(C(=O)N=c2sc3cc(Br)ccc3n2C)c(C)c1. The van der Waals surface area contributed by atoms with E-state index in [1.54, 1.807) is 0 Å². The maximum absolute atomic E-state index is 12.5. The molecule has 3 rings (SSSR count). The molecule has 0 aliphatic carbocycles. The maximum Gasteiger partial charge on any atom is 0.279 e. The minimum absolute atomic E-state index is 0.196. The van der Waals surface area contributed by atoms with E-state index >= 15 is 0 Å². The summed E-state index contributed by atoms with van der Waals surface area (Å²) in [5, 5.41) is 0. The van der Waals surface area contributed by atoms with Crippen LogP contribution in [0.15, 0.2) is 45.9 Å². The van der Waals surface area contributed by atoms with Gasteiger partial charge < -0.3 is 4.57 Å². The summed E-state index contributed by atoms with van der Waals surface area (Å²) < 4.78 is 4.08. The van der Waals surface area contributed by atoms with E-state index in [4.69, 9.17) is 0 Å². The number of nitrogens with zero attached hydrogens (tertiary/aromatic N) is 2. The molecule has 3 aromatic rings. The molecular weight excluding hydrogens is 360 g/mol. The van der Waals surface area contributed by atoms with E-state index in [9.17, 15) is 4.79 Å². The zero-order valence-corrected chi connectivity index (χ0v) is 15.0. The second kappa shape index (κ2) is 5.82. The average molecular weight is 375 g/mol. The molecule has 0 N–H and O–H groups in total. The number of carbonyl (C=O) groups is 1. The van der Waals surface area contributed by atoms with Gasteiger partial charge in [-0.05, 0) is 43.7 Å². The number of benzene rings is 2. The molecule has 1 amide bonds. The van der Waals surface area contributed by atoms with Crippen LogP contribution in [0.2, 0.25) is 0 Å². The van der Waals surface area contributed by atoms with Crippen LogP contribution < -0.4 is 4.80 Å². The first-order valence-electron chi connectivity index (χ1n) is 6.87. The summed E-state index contributed by atoms with van der Waals surface area (Å²) >= 11 is 4.99. The fourth-order valence-corrected chi connectivity index (χ4v) is 3.98. The van der Waals surface area contributed by atoms with E-state index in [2.05, 4.69) is 20.9 Å². The number of hydrogen-bond acceptors (Lipinski definition) is 2. The second-order valence-corrected chi connectivity index (χ2v) is 7.22. The van der Waals surface area contributed by atoms with Crippen LogP contribution in [0.4, 0.5) is 0 Å². The van der Waals surface area contributed by atoms with Crippen LogP contribution in [-0.4, -0.2) is 10.5 Å². The van der Waals surface area contributed by atoms with E-state index in [1.807, 2.05) is 61.9 Å². The predicted molar refractivity (Wildman–Crippen MR) is 94.3 cm³/mol. The highest BCUT2D eigenvalue weighted by molar-refractivity contribution is 9.10. The fraction of sp³-hybridized carbons (Fsp3) is 0.176. The van der Waals surface area contributed by atoms with Gasteiger partial charge in [0.2, 0.25) is 0 Å². The highest BCUT2D eigenvalue weighted by Gasteiger charge is 2.09. The van der Waals surface area contributed by atoms with Gasteiger partial charge in [-0.1, -0.05) is 45.0 Å². The van der Waals surface area contributed by atoms with Gasteiger partial charge in [-0.3, -0.25) is 4.79 Å². The highest BCUT2D eigenvalue weighted by atomic mass is 79.9. The molecule has 0 bridgehead atoms. The molecule has 2 aromatic carbocycles. The van der Waals surface area contributed by atoms with Crippen molar-refractivity contribution in [1.29, 1.82) is 0 Å². The zero-order valence-electron chi connectivity index (χ0n) is 12.6. The Balaban J connectivity index is 2.12. The third-order valence-electron chi connectivity index (χ3n) is 3.58. The van der Waals surface area contributed by atoms with Crippen LogP contribution in [0.5, 0.6) is 0 Å². The van der Waals surface area contributed by atoms with Crippen LogP contribution in [0, 0.1) is 13.8 Å². The van der Waals surface area contributed by atoms with E-state index in [1.165, 1.54) is 11.3 Å². The maximum atomic E-state index is 12.5. The Bertz CT molecular complexity index is 953. The normalized spacial score (nSPS) is 12.1. The number of fused-ring (bicyclic) bond motifs is 1. The Morgan fingerprint density at radius 3 is 2.68 bits per heavy atom. The molecule has 0 spiro atoms. The monoisotopic (exact) mass is 374 g/mol. The Labute approximate surface area is 141 Å². The molecule has 0 saturated carbocycles. The molecule has 0 saturated heterocycles. The van der Waals surface area contributed by atoms with Crippen molar-refractivity contribution in [3.63, 3.8) is 0 Å². The van der Waals surface area contributed by atoms with Gasteiger partial charge in [0.1, 0.15) is 0 Å². The van der Waals surface area contributed by atoms with Crippen molar-refractivity contribution in [2.75, 3.05) is 0 Å². The molecule has 22 heavy (non-hydrogen) atoms. The van der Waals surface area contributed by atoms with E-state index in [0.29, 0.717) is 10.4 Å². The lowest BCUT2D eigenvalue weighted by Gasteiger charge is -2.02. The van der Waals surface area contributed by atoms with Crippen LogP contribution >= 0.6 is 27.3 Å². The molecular formula is C17H15BrN2OS. The van der Waals surface area contributed by atoms with Gasteiger partial charge in [-0.2, -0.15) is 4.99 Å². The quantitative estimate of drug-likeness (QED) is 0.622. The molecule has 3 nitrogen and oxygen atoms in total. The topological polar surface area (TPSA) is 34.4 Å². The summed E-state index contributed by atoms with van der Waals surface area (Å²) in [4.78, 5) is 17.5. The molecule has 0 aliphatic heterocycles. The lowest BCUT2D eigenvalue weighted by molar-refractivity contribution is 0.0997. The number of hydrogen-bond donors (Lipinski definition) is 0.